The summed E-state index contributed by atoms with van der Waals surface area (Å²) in [5.41, 5.74) is 14.9. The van der Waals surface area contributed by atoms with Crippen molar-refractivity contribution in [3.8, 4) is 131 Å². The fourth-order valence-electron chi connectivity index (χ4n) is 12.8. The quantitative estimate of drug-likeness (QED) is 0.108. The van der Waals surface area contributed by atoms with E-state index in [1.807, 2.05) is 212 Å². The highest BCUT2D eigenvalue weighted by Gasteiger charge is 2.26. The molecule has 5 aromatic heterocycles. The van der Waals surface area contributed by atoms with E-state index >= 15 is 0 Å². The Bertz CT molecular complexity index is 5860. The van der Waals surface area contributed by atoms with Crippen molar-refractivity contribution in [2.24, 2.45) is 0 Å². The molecule has 0 unspecified atom stereocenters. The van der Waals surface area contributed by atoms with Gasteiger partial charge in [-0.15, -0.1) is 0 Å². The second-order valence-electron chi connectivity index (χ2n) is 23.1. The van der Waals surface area contributed by atoms with Crippen LogP contribution in [0.15, 0.2) is 297 Å². The lowest BCUT2D eigenvalue weighted by Crippen LogP contribution is -2.06. The van der Waals surface area contributed by atoms with Gasteiger partial charge in [0.2, 0.25) is 0 Å². The molecule has 0 aliphatic rings. The van der Waals surface area contributed by atoms with Gasteiger partial charge in [-0.25, -0.2) is 49.7 Å². The average Bonchev–Trinajstić information content (AvgIpc) is 1.55. The lowest BCUT2D eigenvalue weighted by atomic mass is 9.99. The van der Waals surface area contributed by atoms with Crippen LogP contribution in [0.2, 0.25) is 0 Å². The van der Waals surface area contributed by atoms with Crippen LogP contribution >= 0.6 is 0 Å². The minimum atomic E-state index is 0.340. The van der Waals surface area contributed by atoms with Gasteiger partial charge in [0.1, 0.15) is 0 Å². The van der Waals surface area contributed by atoms with Gasteiger partial charge >= 0.3 is 0 Å². The summed E-state index contributed by atoms with van der Waals surface area (Å²) in [6, 6.07) is 101. The molecule has 12 aromatic carbocycles. The fraction of sp³-hybridized carbons (Fsp3) is 0. The van der Waals surface area contributed by atoms with Crippen molar-refractivity contribution >= 4 is 49.3 Å². The van der Waals surface area contributed by atoms with Crippen LogP contribution in [-0.2, 0) is 0 Å². The molecule has 0 radical (unpaired) electrons. The molecule has 13 nitrogen and oxygen atoms in total. The van der Waals surface area contributed by atoms with E-state index in [0.717, 1.165) is 105 Å². The van der Waals surface area contributed by atoms with Gasteiger partial charge in [-0.3, -0.25) is 0 Å². The number of aromatic nitrogens is 11. The highest BCUT2D eigenvalue weighted by molar-refractivity contribution is 6.12. The van der Waals surface area contributed by atoms with Crippen molar-refractivity contribution in [2.45, 2.75) is 0 Å². The topological polar surface area (TPSA) is 154 Å². The third kappa shape index (κ3) is 10.1. The fourth-order valence-corrected chi connectivity index (χ4v) is 12.8. The van der Waals surface area contributed by atoms with Gasteiger partial charge in [0.05, 0.1) is 51.6 Å². The summed E-state index contributed by atoms with van der Waals surface area (Å²) in [6.07, 6.45) is 0. The molecule has 0 aliphatic carbocycles. The van der Waals surface area contributed by atoms with E-state index in [-0.39, 0.29) is 0 Å². The van der Waals surface area contributed by atoms with Gasteiger partial charge in [-0.05, 0) is 90.0 Å². The molecule has 0 saturated heterocycles. The smallest absolute Gasteiger partial charge is 0.194 e. The molecule has 0 amide bonds. The Morgan fingerprint density at radius 2 is 0.583 bits per heavy atom. The van der Waals surface area contributed by atoms with Crippen LogP contribution in [0.5, 0.6) is 0 Å². The number of nitriles is 1. The molecule has 17 aromatic rings. The Morgan fingerprint density at radius 3 is 1.00 bits per heavy atom. The number of hydrogen-bond donors (Lipinski definition) is 0. The van der Waals surface area contributed by atoms with E-state index in [0.29, 0.717) is 74.8 Å². The summed E-state index contributed by atoms with van der Waals surface area (Å²) >= 11 is 0. The van der Waals surface area contributed by atoms with Gasteiger partial charge in [0.15, 0.2) is 58.1 Å². The number of hydrogen-bond acceptors (Lipinski definition) is 10. The van der Waals surface area contributed by atoms with E-state index in [1.165, 1.54) is 0 Å². The van der Waals surface area contributed by atoms with E-state index in [1.54, 1.807) is 0 Å². The molecule has 0 atom stereocenters. The summed E-state index contributed by atoms with van der Waals surface area (Å²) in [6.45, 7) is 8.31. The van der Waals surface area contributed by atoms with Crippen molar-refractivity contribution in [1.82, 2.24) is 54.0 Å². The first-order valence-electron chi connectivity index (χ1n) is 31.3. The second kappa shape index (κ2) is 23.8. The number of rotatable bonds is 12. The third-order valence-electron chi connectivity index (χ3n) is 17.3. The Hall–Kier alpha value is -13.8. The highest BCUT2D eigenvalue weighted by atomic mass is 15.1. The zero-order valence-corrected chi connectivity index (χ0v) is 51.1. The Labute approximate surface area is 550 Å². The van der Waals surface area contributed by atoms with Crippen molar-refractivity contribution in [3.63, 3.8) is 0 Å². The maximum Gasteiger partial charge on any atom is 0.194 e. The van der Waals surface area contributed by atoms with Crippen LogP contribution in [0.4, 0.5) is 5.69 Å². The normalized spacial score (nSPS) is 11.3. The van der Waals surface area contributed by atoms with Crippen molar-refractivity contribution in [2.75, 3.05) is 0 Å². The molecule has 0 spiro atoms. The molecule has 446 valence electrons. The third-order valence-corrected chi connectivity index (χ3v) is 17.3. The number of fused-ring (bicyclic) bond motifs is 6. The van der Waals surface area contributed by atoms with Gasteiger partial charge < -0.3 is 9.13 Å². The first-order chi connectivity index (χ1) is 47.5. The summed E-state index contributed by atoms with van der Waals surface area (Å²) in [7, 11) is 0. The number of para-hydroxylation sites is 3. The van der Waals surface area contributed by atoms with Crippen molar-refractivity contribution in [3.05, 3.63) is 314 Å². The van der Waals surface area contributed by atoms with Crippen LogP contribution in [0.3, 0.4) is 0 Å². The van der Waals surface area contributed by atoms with Crippen LogP contribution in [-0.4, -0.2) is 54.0 Å². The Morgan fingerprint density at radius 1 is 0.260 bits per heavy atom. The molecular formula is C83H49N13. The van der Waals surface area contributed by atoms with Crippen molar-refractivity contribution in [1.29, 1.82) is 5.26 Å². The predicted molar refractivity (Wildman–Crippen MR) is 381 cm³/mol. The molecule has 96 heavy (non-hydrogen) atoms. The van der Waals surface area contributed by atoms with E-state index in [2.05, 4.69) is 105 Å². The highest BCUT2D eigenvalue weighted by Crippen LogP contribution is 2.43. The van der Waals surface area contributed by atoms with Gasteiger partial charge in [-0.2, -0.15) is 5.26 Å². The molecule has 0 saturated carbocycles. The lowest BCUT2D eigenvalue weighted by molar-refractivity contribution is 1.06. The number of benzene rings is 12. The van der Waals surface area contributed by atoms with Crippen LogP contribution in [0.1, 0.15) is 5.56 Å². The summed E-state index contributed by atoms with van der Waals surface area (Å²) in [5, 5.41) is 14.7. The standard InChI is InChI=1S/C83H49N13/c1-85-68-36-20-17-33-61(68)58-40-44-74(96-70-38-22-19-35-63(70)65-50-60(42-46-72(65)96)81-90-77(55-27-11-4-12-28-55)87-78(91-81)56-29-13-5-14-30-56)67(48-58)83-93-79(57-31-15-6-16-32-57)92-82(94-83)66-47-52(51-84)39-43-73(66)95-69-37-21-18-34-62(69)64-49-59(41-45-71(64)95)80-88-75(53-23-7-2-8-24-53)86-76(89-80)54-25-9-3-10-26-54/h2-50H. The first-order valence-corrected chi connectivity index (χ1v) is 31.3. The second-order valence-corrected chi connectivity index (χ2v) is 23.1. The Kier molecular flexibility index (Phi) is 13.9. The average molecular weight is 1230 g/mol. The van der Waals surface area contributed by atoms with Crippen molar-refractivity contribution < 1.29 is 0 Å². The SMILES string of the molecule is [C-]#[N+]c1ccccc1-c1ccc(-n2c3ccccc3c3cc(-c4nc(-c5ccccc5)nc(-c5ccccc5)n4)ccc32)c(-c2nc(-c3ccccc3)nc(-c3cc(C#N)ccc3-n3c4ccccc4c4cc(-c5nc(-c6ccccc6)nc(-c6ccccc6)n5)ccc43)n2)c1. The maximum atomic E-state index is 10.8. The van der Waals surface area contributed by atoms with Crippen LogP contribution < -0.4 is 0 Å². The molecule has 0 fully saturated rings. The van der Waals surface area contributed by atoms with E-state index < -0.39 is 0 Å². The minimum Gasteiger partial charge on any atom is -0.309 e. The molecule has 13 heteroatoms. The molecule has 0 N–H and O–H groups in total. The Balaban J connectivity index is 0.872. The molecule has 17 rings (SSSR count). The van der Waals surface area contributed by atoms with E-state index in [4.69, 9.17) is 51.4 Å². The summed E-state index contributed by atoms with van der Waals surface area (Å²) in [5.74, 6) is 4.48. The lowest BCUT2D eigenvalue weighted by Gasteiger charge is -2.18. The largest absolute Gasteiger partial charge is 0.309 e. The van der Waals surface area contributed by atoms with Crippen LogP contribution in [0, 0.1) is 17.9 Å². The summed E-state index contributed by atoms with van der Waals surface area (Å²) in [4.78, 5) is 50.8. The molecular weight excluding hydrogens is 1180 g/mol. The van der Waals surface area contributed by atoms with E-state index in [9.17, 15) is 5.26 Å². The minimum absolute atomic E-state index is 0.340. The van der Waals surface area contributed by atoms with Crippen LogP contribution in [0.25, 0.3) is 173 Å². The molecule has 0 aliphatic heterocycles. The number of nitrogens with zero attached hydrogens (tertiary/aromatic N) is 13. The molecule has 5 heterocycles. The zero-order chi connectivity index (χ0) is 64.1. The van der Waals surface area contributed by atoms with Gasteiger partial charge in [0.25, 0.3) is 0 Å². The first kappa shape index (κ1) is 56.2. The maximum absolute atomic E-state index is 10.8. The van der Waals surface area contributed by atoms with Gasteiger partial charge in [-0.1, -0.05) is 218 Å². The zero-order valence-electron chi connectivity index (χ0n) is 51.1. The van der Waals surface area contributed by atoms with Gasteiger partial charge in [0, 0.05) is 71.6 Å². The monoisotopic (exact) mass is 1230 g/mol. The predicted octanol–water partition coefficient (Wildman–Crippen LogP) is 19.5. The molecule has 0 bridgehead atoms. The summed E-state index contributed by atoms with van der Waals surface area (Å²) < 4.78 is 4.48.